The maximum absolute atomic E-state index is 4.74. The van der Waals surface area contributed by atoms with Gasteiger partial charge in [0.05, 0.1) is 0 Å². The van der Waals surface area contributed by atoms with Crippen LogP contribution in [0.4, 0.5) is 0 Å². The van der Waals surface area contributed by atoms with Crippen LogP contribution in [0.15, 0.2) is 12.3 Å². The zero-order valence-electron chi connectivity index (χ0n) is 11.3. The molecule has 0 bridgehead atoms. The average Bonchev–Trinajstić information content (AvgIpc) is 2.86. The lowest BCUT2D eigenvalue weighted by Crippen LogP contribution is -2.29. The molecule has 0 aromatic carbocycles. The van der Waals surface area contributed by atoms with Gasteiger partial charge in [0, 0.05) is 29.2 Å². The molecule has 3 heterocycles. The summed E-state index contributed by atoms with van der Waals surface area (Å²) in [6.07, 6.45) is 4.28. The van der Waals surface area contributed by atoms with E-state index in [1.54, 1.807) is 11.3 Å². The fourth-order valence-corrected chi connectivity index (χ4v) is 3.15. The summed E-state index contributed by atoms with van der Waals surface area (Å²) in [7, 11) is 0. The highest BCUT2D eigenvalue weighted by molar-refractivity contribution is 7.14. The lowest BCUT2D eigenvalue weighted by Gasteiger charge is -2.21. The minimum Gasteiger partial charge on any atom is -0.316 e. The number of nitrogens with zero attached hydrogens (tertiary/aromatic N) is 3. The van der Waals surface area contributed by atoms with E-state index in [0.717, 1.165) is 35.3 Å². The smallest absolute Gasteiger partial charge is 0.142 e. The molecule has 2 aromatic heterocycles. The highest BCUT2D eigenvalue weighted by atomic mass is 32.1. The van der Waals surface area contributed by atoms with Gasteiger partial charge in [-0.25, -0.2) is 15.0 Å². The first-order chi connectivity index (χ1) is 9.22. The first-order valence-electron chi connectivity index (χ1n) is 6.71. The lowest BCUT2D eigenvalue weighted by atomic mass is 9.98. The fraction of sp³-hybridized carbons (Fsp3) is 0.500. The molecule has 100 valence electrons. The first-order valence-corrected chi connectivity index (χ1v) is 7.53. The van der Waals surface area contributed by atoms with Crippen LogP contribution in [0.25, 0.3) is 10.7 Å². The van der Waals surface area contributed by atoms with Gasteiger partial charge < -0.3 is 5.32 Å². The van der Waals surface area contributed by atoms with Crippen LogP contribution < -0.4 is 5.32 Å². The number of hydrogen-bond donors (Lipinski definition) is 1. The van der Waals surface area contributed by atoms with Crippen molar-refractivity contribution >= 4 is 11.3 Å². The summed E-state index contributed by atoms with van der Waals surface area (Å²) >= 11 is 1.69. The van der Waals surface area contributed by atoms with Crippen molar-refractivity contribution in [3.63, 3.8) is 0 Å². The van der Waals surface area contributed by atoms with Crippen molar-refractivity contribution in [1.29, 1.82) is 0 Å². The van der Waals surface area contributed by atoms with Crippen LogP contribution in [0.5, 0.6) is 0 Å². The van der Waals surface area contributed by atoms with E-state index < -0.39 is 0 Å². The second-order valence-corrected chi connectivity index (χ2v) is 6.31. The Hall–Kier alpha value is -1.33. The summed E-state index contributed by atoms with van der Waals surface area (Å²) in [5, 5.41) is 4.42. The molecule has 0 unspecified atom stereocenters. The Morgan fingerprint density at radius 1 is 1.32 bits per heavy atom. The van der Waals surface area contributed by atoms with Gasteiger partial charge in [0.1, 0.15) is 16.5 Å². The highest BCUT2D eigenvalue weighted by Gasteiger charge is 2.19. The normalized spacial score (nSPS) is 19.6. The van der Waals surface area contributed by atoms with Gasteiger partial charge in [-0.1, -0.05) is 0 Å². The van der Waals surface area contributed by atoms with Gasteiger partial charge >= 0.3 is 0 Å². The summed E-state index contributed by atoms with van der Waals surface area (Å²) in [5.74, 6) is 1.41. The van der Waals surface area contributed by atoms with Crippen molar-refractivity contribution in [2.45, 2.75) is 32.6 Å². The largest absolute Gasteiger partial charge is 0.316 e. The monoisotopic (exact) mass is 274 g/mol. The zero-order chi connectivity index (χ0) is 13.2. The summed E-state index contributed by atoms with van der Waals surface area (Å²) in [6.45, 7) is 6.20. The number of hydrogen-bond acceptors (Lipinski definition) is 5. The molecule has 0 saturated carbocycles. The van der Waals surface area contributed by atoms with Crippen molar-refractivity contribution in [1.82, 2.24) is 20.3 Å². The van der Waals surface area contributed by atoms with Gasteiger partial charge in [-0.05, 0) is 39.3 Å². The Morgan fingerprint density at radius 3 is 2.89 bits per heavy atom. The van der Waals surface area contributed by atoms with Crippen LogP contribution in [0.3, 0.4) is 0 Å². The molecular formula is C14H18N4S. The van der Waals surface area contributed by atoms with Crippen LogP contribution in [0, 0.1) is 13.8 Å². The number of aromatic nitrogens is 3. The molecule has 19 heavy (non-hydrogen) atoms. The standard InChI is InChI=1S/C14H18N4S/c1-9-6-12(14-16-7-10(2)19-14)18-13(17-9)11-4-3-5-15-8-11/h6-7,11,15H,3-5,8H2,1-2H3/t11-/m0/s1. The Bertz CT molecular complexity index is 573. The molecule has 0 amide bonds. The van der Waals surface area contributed by atoms with Crippen molar-refractivity contribution < 1.29 is 0 Å². The third-order valence-electron chi connectivity index (χ3n) is 3.37. The molecule has 1 fully saturated rings. The van der Waals surface area contributed by atoms with E-state index in [2.05, 4.69) is 22.2 Å². The van der Waals surface area contributed by atoms with Gasteiger partial charge in [-0.2, -0.15) is 0 Å². The highest BCUT2D eigenvalue weighted by Crippen LogP contribution is 2.26. The van der Waals surface area contributed by atoms with Crippen LogP contribution in [0.2, 0.25) is 0 Å². The topological polar surface area (TPSA) is 50.7 Å². The third-order valence-corrected chi connectivity index (χ3v) is 4.31. The van der Waals surface area contributed by atoms with Crippen molar-refractivity contribution in [3.8, 4) is 10.7 Å². The van der Waals surface area contributed by atoms with Gasteiger partial charge in [0.2, 0.25) is 0 Å². The molecule has 1 aliphatic rings. The van der Waals surface area contributed by atoms with E-state index in [1.807, 2.05) is 19.2 Å². The molecule has 1 saturated heterocycles. The molecule has 0 spiro atoms. The summed E-state index contributed by atoms with van der Waals surface area (Å²) in [4.78, 5) is 15.0. The maximum atomic E-state index is 4.74. The Labute approximate surface area is 117 Å². The Balaban J connectivity index is 1.95. The number of thiazole rings is 1. The van der Waals surface area contributed by atoms with Crippen molar-refractivity contribution in [2.24, 2.45) is 0 Å². The van der Waals surface area contributed by atoms with E-state index in [1.165, 1.54) is 17.7 Å². The van der Waals surface area contributed by atoms with Crippen molar-refractivity contribution in [3.05, 3.63) is 28.7 Å². The molecular weight excluding hydrogens is 256 g/mol. The predicted octanol–water partition coefficient (Wildman–Crippen LogP) is 2.68. The second kappa shape index (κ2) is 5.35. The molecule has 4 nitrogen and oxygen atoms in total. The van der Waals surface area contributed by atoms with Gasteiger partial charge in [-0.3, -0.25) is 0 Å². The number of rotatable bonds is 2. The maximum Gasteiger partial charge on any atom is 0.142 e. The molecule has 1 aliphatic heterocycles. The van der Waals surface area contributed by atoms with Crippen LogP contribution >= 0.6 is 11.3 Å². The van der Waals surface area contributed by atoms with Gasteiger partial charge in [0.15, 0.2) is 0 Å². The fourth-order valence-electron chi connectivity index (χ4n) is 2.43. The Kier molecular flexibility index (Phi) is 3.57. The van der Waals surface area contributed by atoms with Crippen LogP contribution in [-0.4, -0.2) is 28.0 Å². The summed E-state index contributed by atoms with van der Waals surface area (Å²) in [6, 6.07) is 2.03. The number of aryl methyl sites for hydroxylation is 2. The molecule has 1 N–H and O–H groups in total. The third kappa shape index (κ3) is 2.82. The van der Waals surface area contributed by atoms with Crippen LogP contribution in [0.1, 0.15) is 35.2 Å². The Morgan fingerprint density at radius 2 is 2.21 bits per heavy atom. The van der Waals surface area contributed by atoms with Crippen LogP contribution in [-0.2, 0) is 0 Å². The molecule has 1 atom stereocenters. The summed E-state index contributed by atoms with van der Waals surface area (Å²) in [5.41, 5.74) is 1.99. The van der Waals surface area contributed by atoms with E-state index in [9.17, 15) is 0 Å². The van der Waals surface area contributed by atoms with Gasteiger partial charge in [-0.15, -0.1) is 11.3 Å². The minimum atomic E-state index is 0.438. The molecule has 2 aromatic rings. The van der Waals surface area contributed by atoms with Crippen molar-refractivity contribution in [2.75, 3.05) is 13.1 Å². The number of nitrogens with one attached hydrogen (secondary N) is 1. The van der Waals surface area contributed by atoms with Gasteiger partial charge in [0.25, 0.3) is 0 Å². The minimum absolute atomic E-state index is 0.438. The second-order valence-electron chi connectivity index (χ2n) is 5.07. The van der Waals surface area contributed by atoms with E-state index in [4.69, 9.17) is 4.98 Å². The molecule has 5 heteroatoms. The zero-order valence-corrected chi connectivity index (χ0v) is 12.1. The molecule has 0 radical (unpaired) electrons. The lowest BCUT2D eigenvalue weighted by molar-refractivity contribution is 0.446. The number of piperidine rings is 1. The van der Waals surface area contributed by atoms with E-state index >= 15 is 0 Å². The predicted molar refractivity (Wildman–Crippen MR) is 77.5 cm³/mol. The summed E-state index contributed by atoms with van der Waals surface area (Å²) < 4.78 is 0. The average molecular weight is 274 g/mol. The molecule has 0 aliphatic carbocycles. The SMILES string of the molecule is Cc1cc(-c2ncc(C)s2)nc([C@H]2CCCNC2)n1. The van der Waals surface area contributed by atoms with E-state index in [0.29, 0.717) is 5.92 Å². The quantitative estimate of drug-likeness (QED) is 0.914. The first kappa shape index (κ1) is 12.7. The van der Waals surface area contributed by atoms with E-state index in [-0.39, 0.29) is 0 Å². The molecule has 3 rings (SSSR count).